The van der Waals surface area contributed by atoms with Crippen molar-refractivity contribution in [2.45, 2.75) is 20.4 Å². The van der Waals surface area contributed by atoms with Gasteiger partial charge >= 0.3 is 0 Å². The fraction of sp³-hybridized carbons (Fsp3) is 0.500. The van der Waals surface area contributed by atoms with Gasteiger partial charge in [-0.25, -0.2) is 0 Å². The molecule has 0 aliphatic carbocycles. The summed E-state index contributed by atoms with van der Waals surface area (Å²) in [5, 5.41) is 7.75. The number of ether oxygens (including phenoxy) is 1. The van der Waals surface area contributed by atoms with Crippen LogP contribution in [0.2, 0.25) is 0 Å². The van der Waals surface area contributed by atoms with Gasteiger partial charge in [0.2, 0.25) is 0 Å². The van der Waals surface area contributed by atoms with E-state index in [-0.39, 0.29) is 0 Å². The molecular formula is C20H30N6O. The number of piperazine rings is 1. The van der Waals surface area contributed by atoms with Crippen molar-refractivity contribution in [2.24, 2.45) is 4.99 Å². The first-order valence-corrected chi connectivity index (χ1v) is 9.61. The minimum absolute atomic E-state index is 0.722. The molecule has 0 bridgehead atoms. The van der Waals surface area contributed by atoms with Crippen LogP contribution in [0.5, 0.6) is 5.75 Å². The first-order chi connectivity index (χ1) is 13.2. The third kappa shape index (κ3) is 5.15. The topological polar surface area (TPSA) is 57.9 Å². The molecule has 1 fully saturated rings. The van der Waals surface area contributed by atoms with Crippen LogP contribution in [0.25, 0.3) is 0 Å². The molecule has 146 valence electrons. The Hall–Kier alpha value is -2.70. The summed E-state index contributed by atoms with van der Waals surface area (Å²) in [5.41, 5.74) is 2.39. The van der Waals surface area contributed by atoms with Crippen molar-refractivity contribution < 1.29 is 4.74 Å². The van der Waals surface area contributed by atoms with E-state index < -0.39 is 0 Å². The predicted octanol–water partition coefficient (Wildman–Crippen LogP) is 1.99. The number of aliphatic imine (C=N–C) groups is 1. The highest BCUT2D eigenvalue weighted by Gasteiger charge is 2.20. The van der Waals surface area contributed by atoms with E-state index in [4.69, 9.17) is 9.73 Å². The van der Waals surface area contributed by atoms with Crippen molar-refractivity contribution in [3.8, 4) is 5.75 Å². The van der Waals surface area contributed by atoms with Crippen molar-refractivity contribution in [3.63, 3.8) is 0 Å². The normalized spacial score (nSPS) is 15.1. The van der Waals surface area contributed by atoms with Crippen molar-refractivity contribution in [1.29, 1.82) is 0 Å². The maximum absolute atomic E-state index is 5.35. The molecule has 1 aromatic heterocycles. The van der Waals surface area contributed by atoms with E-state index in [9.17, 15) is 0 Å². The zero-order valence-electron chi connectivity index (χ0n) is 16.6. The number of anilines is 1. The summed E-state index contributed by atoms with van der Waals surface area (Å²) < 4.78 is 7.29. The van der Waals surface area contributed by atoms with Crippen LogP contribution in [0, 0.1) is 6.92 Å². The van der Waals surface area contributed by atoms with Gasteiger partial charge in [-0.2, -0.15) is 5.10 Å². The Morgan fingerprint density at radius 3 is 2.74 bits per heavy atom. The van der Waals surface area contributed by atoms with E-state index in [1.165, 1.54) is 11.3 Å². The predicted molar refractivity (Wildman–Crippen MR) is 110 cm³/mol. The molecule has 2 aromatic rings. The fourth-order valence-electron chi connectivity index (χ4n) is 3.26. The number of nitrogens with one attached hydrogen (secondary N) is 1. The van der Waals surface area contributed by atoms with Gasteiger partial charge in [0.05, 0.1) is 26.4 Å². The Bertz CT molecular complexity index is 748. The highest BCUT2D eigenvalue weighted by molar-refractivity contribution is 5.80. The lowest BCUT2D eigenvalue weighted by Crippen LogP contribution is -2.52. The van der Waals surface area contributed by atoms with Crippen LogP contribution < -0.4 is 15.0 Å². The molecule has 27 heavy (non-hydrogen) atoms. The molecule has 0 spiro atoms. The molecule has 0 unspecified atom stereocenters. The molecular weight excluding hydrogens is 340 g/mol. The Labute approximate surface area is 161 Å². The molecule has 2 heterocycles. The van der Waals surface area contributed by atoms with Crippen LogP contribution in [0.15, 0.2) is 41.7 Å². The highest BCUT2D eigenvalue weighted by Crippen LogP contribution is 2.22. The molecule has 0 amide bonds. The molecule has 1 aromatic carbocycles. The summed E-state index contributed by atoms with van der Waals surface area (Å²) in [5.74, 6) is 1.89. The number of rotatable bonds is 6. The van der Waals surface area contributed by atoms with E-state index >= 15 is 0 Å². The number of methoxy groups -OCH3 is 1. The van der Waals surface area contributed by atoms with Gasteiger partial charge in [0.1, 0.15) is 5.75 Å². The van der Waals surface area contributed by atoms with E-state index in [0.717, 1.165) is 57.5 Å². The van der Waals surface area contributed by atoms with Crippen molar-refractivity contribution in [3.05, 3.63) is 42.2 Å². The third-order valence-corrected chi connectivity index (χ3v) is 4.69. The Kier molecular flexibility index (Phi) is 6.57. The van der Waals surface area contributed by atoms with Crippen LogP contribution in [0.1, 0.15) is 12.5 Å². The number of aromatic nitrogens is 2. The second kappa shape index (κ2) is 9.30. The Balaban J connectivity index is 1.56. The SMILES string of the molecule is CCNC(=NCCn1cc(C)cn1)N1CCN(c2cccc(OC)c2)CC1. The van der Waals surface area contributed by atoms with Gasteiger partial charge in [-0.1, -0.05) is 6.07 Å². The van der Waals surface area contributed by atoms with Gasteiger partial charge in [0.25, 0.3) is 0 Å². The Morgan fingerprint density at radius 1 is 1.26 bits per heavy atom. The quantitative estimate of drug-likeness (QED) is 0.622. The number of benzene rings is 1. The molecule has 1 saturated heterocycles. The van der Waals surface area contributed by atoms with Gasteiger partial charge in [0, 0.05) is 50.7 Å². The molecule has 3 rings (SSSR count). The van der Waals surface area contributed by atoms with E-state index in [1.807, 2.05) is 23.0 Å². The van der Waals surface area contributed by atoms with Crippen molar-refractivity contribution in [2.75, 3.05) is 51.3 Å². The van der Waals surface area contributed by atoms with Crippen LogP contribution in [-0.2, 0) is 6.54 Å². The average molecular weight is 371 g/mol. The summed E-state index contributed by atoms with van der Waals surface area (Å²) in [7, 11) is 1.71. The number of hydrogen-bond acceptors (Lipinski definition) is 4. The van der Waals surface area contributed by atoms with Crippen LogP contribution in [-0.4, -0.2) is 67.0 Å². The lowest BCUT2D eigenvalue weighted by molar-refractivity contribution is 0.371. The number of hydrogen-bond donors (Lipinski definition) is 1. The van der Waals surface area contributed by atoms with Crippen LogP contribution in [0.4, 0.5) is 5.69 Å². The average Bonchev–Trinajstić information content (AvgIpc) is 3.12. The molecule has 0 saturated carbocycles. The van der Waals surface area contributed by atoms with Gasteiger partial charge in [-0.15, -0.1) is 0 Å². The van der Waals surface area contributed by atoms with Gasteiger partial charge in [0.15, 0.2) is 5.96 Å². The number of aryl methyl sites for hydroxylation is 1. The monoisotopic (exact) mass is 370 g/mol. The number of guanidine groups is 1. The molecule has 0 atom stereocenters. The van der Waals surface area contributed by atoms with E-state index in [0.29, 0.717) is 0 Å². The van der Waals surface area contributed by atoms with Crippen molar-refractivity contribution in [1.82, 2.24) is 20.0 Å². The highest BCUT2D eigenvalue weighted by atomic mass is 16.5. The summed E-state index contributed by atoms with van der Waals surface area (Å²) in [6.45, 7) is 10.4. The molecule has 1 aliphatic heterocycles. The van der Waals surface area contributed by atoms with Crippen LogP contribution >= 0.6 is 0 Å². The fourth-order valence-corrected chi connectivity index (χ4v) is 3.26. The summed E-state index contributed by atoms with van der Waals surface area (Å²) in [6.07, 6.45) is 3.93. The summed E-state index contributed by atoms with van der Waals surface area (Å²) >= 11 is 0. The minimum Gasteiger partial charge on any atom is -0.497 e. The smallest absolute Gasteiger partial charge is 0.194 e. The number of nitrogens with zero attached hydrogens (tertiary/aromatic N) is 5. The van der Waals surface area contributed by atoms with E-state index in [1.54, 1.807) is 7.11 Å². The molecule has 1 aliphatic rings. The minimum atomic E-state index is 0.722. The largest absolute Gasteiger partial charge is 0.497 e. The zero-order chi connectivity index (χ0) is 19.1. The summed E-state index contributed by atoms with van der Waals surface area (Å²) in [4.78, 5) is 9.54. The standard InChI is InChI=1S/C20H30N6O/c1-4-21-20(22-8-9-26-16-17(2)15-23-26)25-12-10-24(11-13-25)18-6-5-7-19(14-18)27-3/h5-7,14-16H,4,8-13H2,1-3H3,(H,21,22). The first-order valence-electron chi connectivity index (χ1n) is 9.61. The summed E-state index contributed by atoms with van der Waals surface area (Å²) in [6, 6.07) is 8.27. The van der Waals surface area contributed by atoms with Gasteiger partial charge < -0.3 is 19.9 Å². The maximum atomic E-state index is 5.35. The van der Waals surface area contributed by atoms with Crippen LogP contribution in [0.3, 0.4) is 0 Å². The molecule has 7 nitrogen and oxygen atoms in total. The van der Waals surface area contributed by atoms with Gasteiger partial charge in [-0.05, 0) is 31.5 Å². The second-order valence-electron chi connectivity index (χ2n) is 6.69. The molecule has 1 N–H and O–H groups in total. The Morgan fingerprint density at radius 2 is 2.07 bits per heavy atom. The van der Waals surface area contributed by atoms with Crippen molar-refractivity contribution >= 4 is 11.6 Å². The zero-order valence-corrected chi connectivity index (χ0v) is 16.6. The third-order valence-electron chi connectivity index (χ3n) is 4.69. The molecule has 7 heteroatoms. The lowest BCUT2D eigenvalue weighted by atomic mass is 10.2. The first kappa shape index (κ1) is 19.1. The lowest BCUT2D eigenvalue weighted by Gasteiger charge is -2.37. The maximum Gasteiger partial charge on any atom is 0.194 e. The van der Waals surface area contributed by atoms with E-state index in [2.05, 4.69) is 52.4 Å². The molecule has 0 radical (unpaired) electrons. The van der Waals surface area contributed by atoms with Gasteiger partial charge in [-0.3, -0.25) is 9.67 Å². The second-order valence-corrected chi connectivity index (χ2v) is 6.69.